The number of nitrogens with zero attached hydrogens (tertiary/aromatic N) is 1. The molecule has 0 aliphatic carbocycles. The number of nitrogens with one attached hydrogen (secondary N) is 1. The van der Waals surface area contributed by atoms with Crippen molar-refractivity contribution in [1.29, 1.82) is 0 Å². The van der Waals surface area contributed by atoms with Crippen LogP contribution < -0.4 is 5.32 Å². The highest BCUT2D eigenvalue weighted by molar-refractivity contribution is 7.99. The Bertz CT molecular complexity index is 817. The summed E-state index contributed by atoms with van der Waals surface area (Å²) in [6, 6.07) is 13.1. The number of hydrogen-bond donors (Lipinski definition) is 1. The molecule has 0 unspecified atom stereocenters. The zero-order chi connectivity index (χ0) is 21.2. The van der Waals surface area contributed by atoms with Crippen LogP contribution in [0.2, 0.25) is 5.02 Å². The van der Waals surface area contributed by atoms with Crippen molar-refractivity contribution >= 4 is 35.2 Å². The average Bonchev–Trinajstić information content (AvgIpc) is 2.72. The molecule has 1 N–H and O–H groups in total. The molecule has 0 saturated carbocycles. The van der Waals surface area contributed by atoms with E-state index < -0.39 is 6.04 Å². The molecule has 0 aliphatic heterocycles. The lowest BCUT2D eigenvalue weighted by molar-refractivity contribution is -0.138. The summed E-state index contributed by atoms with van der Waals surface area (Å²) in [5, 5.41) is 3.47. The van der Waals surface area contributed by atoms with E-state index in [1.165, 1.54) is 22.7 Å². The predicted octanol–water partition coefficient (Wildman–Crippen LogP) is 4.66. The third-order valence-corrected chi connectivity index (χ3v) is 5.66. The van der Waals surface area contributed by atoms with Crippen LogP contribution in [0.25, 0.3) is 0 Å². The molecule has 0 bridgehead atoms. The molecule has 156 valence electrons. The van der Waals surface area contributed by atoms with E-state index in [0.717, 1.165) is 12.0 Å². The molecule has 7 heteroatoms. The van der Waals surface area contributed by atoms with Crippen LogP contribution in [0.3, 0.4) is 0 Å². The summed E-state index contributed by atoms with van der Waals surface area (Å²) in [5.41, 5.74) is 1.44. The minimum atomic E-state index is -0.690. The number of carbonyl (C=O) groups is 2. The molecule has 2 amide bonds. The predicted molar refractivity (Wildman–Crippen MR) is 117 cm³/mol. The van der Waals surface area contributed by atoms with Crippen molar-refractivity contribution in [2.45, 2.75) is 38.6 Å². The molecule has 0 aromatic heterocycles. The maximum Gasteiger partial charge on any atom is 0.242 e. The summed E-state index contributed by atoms with van der Waals surface area (Å²) in [6.45, 7) is 4.22. The molecule has 2 aromatic carbocycles. The summed E-state index contributed by atoms with van der Waals surface area (Å²) in [7, 11) is 0. The molecule has 0 aliphatic rings. The van der Waals surface area contributed by atoms with Gasteiger partial charge in [0.2, 0.25) is 11.8 Å². The fraction of sp³-hybridized carbons (Fsp3) is 0.364. The Morgan fingerprint density at radius 3 is 2.52 bits per heavy atom. The van der Waals surface area contributed by atoms with Gasteiger partial charge in [-0.1, -0.05) is 48.9 Å². The second-order valence-corrected chi connectivity index (χ2v) is 8.12. The van der Waals surface area contributed by atoms with E-state index in [9.17, 15) is 14.0 Å². The Labute approximate surface area is 180 Å². The molecule has 0 heterocycles. The lowest BCUT2D eigenvalue weighted by Crippen LogP contribution is -2.48. The molecule has 1 atom stereocenters. The van der Waals surface area contributed by atoms with Crippen LogP contribution in [-0.2, 0) is 21.9 Å². The zero-order valence-electron chi connectivity index (χ0n) is 16.7. The normalized spacial score (nSPS) is 11.7. The number of halogens is 2. The van der Waals surface area contributed by atoms with Gasteiger partial charge >= 0.3 is 0 Å². The fourth-order valence-electron chi connectivity index (χ4n) is 2.71. The Morgan fingerprint density at radius 1 is 1.17 bits per heavy atom. The fourth-order valence-corrected chi connectivity index (χ4v) is 3.71. The number of rotatable bonds is 10. The third-order valence-electron chi connectivity index (χ3n) is 4.42. The van der Waals surface area contributed by atoms with E-state index in [-0.39, 0.29) is 29.9 Å². The molecule has 0 radical (unpaired) electrons. The summed E-state index contributed by atoms with van der Waals surface area (Å²) in [6.07, 6.45) is 0.802. The van der Waals surface area contributed by atoms with Crippen LogP contribution in [0, 0.1) is 5.82 Å². The molecular weight excluding hydrogens is 411 g/mol. The maximum atomic E-state index is 14.1. The SMILES string of the molecule is CCCNC(=O)[C@@H](C)N(Cc1ccccc1F)C(=O)CSCc1ccc(Cl)cc1. The molecule has 4 nitrogen and oxygen atoms in total. The van der Waals surface area contributed by atoms with Crippen molar-refractivity contribution in [3.63, 3.8) is 0 Å². The highest BCUT2D eigenvalue weighted by Gasteiger charge is 2.26. The standard InChI is InChI=1S/C22H26ClFN2O2S/c1-3-12-25-22(28)16(2)26(13-18-6-4-5-7-20(18)24)21(27)15-29-14-17-8-10-19(23)11-9-17/h4-11,16H,3,12-15H2,1-2H3,(H,25,28)/t16-/m1/s1. The van der Waals surface area contributed by atoms with Crippen LogP contribution in [0.15, 0.2) is 48.5 Å². The smallest absolute Gasteiger partial charge is 0.242 e. The topological polar surface area (TPSA) is 49.4 Å². The van der Waals surface area contributed by atoms with Gasteiger partial charge in [0, 0.05) is 29.4 Å². The van der Waals surface area contributed by atoms with E-state index in [4.69, 9.17) is 11.6 Å². The monoisotopic (exact) mass is 436 g/mol. The van der Waals surface area contributed by atoms with Crippen LogP contribution >= 0.6 is 23.4 Å². The van der Waals surface area contributed by atoms with Crippen molar-refractivity contribution in [2.75, 3.05) is 12.3 Å². The van der Waals surface area contributed by atoms with Crippen LogP contribution in [0.5, 0.6) is 0 Å². The molecule has 0 saturated heterocycles. The minimum absolute atomic E-state index is 0.0493. The lowest BCUT2D eigenvalue weighted by Gasteiger charge is -2.29. The van der Waals surface area contributed by atoms with Gasteiger partial charge in [0.05, 0.1) is 5.75 Å². The first kappa shape index (κ1) is 23.2. The molecule has 0 fully saturated rings. The summed E-state index contributed by atoms with van der Waals surface area (Å²) in [5.74, 6) is 0.0147. The van der Waals surface area contributed by atoms with E-state index in [2.05, 4.69) is 5.32 Å². The van der Waals surface area contributed by atoms with Crippen molar-refractivity contribution in [3.8, 4) is 0 Å². The van der Waals surface area contributed by atoms with Crippen molar-refractivity contribution < 1.29 is 14.0 Å². The molecular formula is C22H26ClFN2O2S. The van der Waals surface area contributed by atoms with Gasteiger partial charge in [-0.25, -0.2) is 4.39 Å². The van der Waals surface area contributed by atoms with E-state index in [1.54, 1.807) is 25.1 Å². The molecule has 0 spiro atoms. The Hall–Kier alpha value is -2.05. The zero-order valence-corrected chi connectivity index (χ0v) is 18.2. The quantitative estimate of drug-likeness (QED) is 0.589. The molecule has 2 aromatic rings. The van der Waals surface area contributed by atoms with Crippen molar-refractivity contribution in [1.82, 2.24) is 10.2 Å². The molecule has 29 heavy (non-hydrogen) atoms. The first-order chi connectivity index (χ1) is 13.9. The number of amides is 2. The first-order valence-corrected chi connectivity index (χ1v) is 11.1. The van der Waals surface area contributed by atoms with Crippen LogP contribution in [-0.4, -0.2) is 35.1 Å². The third kappa shape index (κ3) is 7.37. The van der Waals surface area contributed by atoms with Gasteiger partial charge in [0.15, 0.2) is 0 Å². The summed E-state index contributed by atoms with van der Waals surface area (Å²) >= 11 is 7.34. The van der Waals surface area contributed by atoms with Gasteiger partial charge in [-0.05, 0) is 37.1 Å². The Morgan fingerprint density at radius 2 is 1.86 bits per heavy atom. The maximum absolute atomic E-state index is 14.1. The summed E-state index contributed by atoms with van der Waals surface area (Å²) < 4.78 is 14.1. The summed E-state index contributed by atoms with van der Waals surface area (Å²) in [4.78, 5) is 26.8. The second-order valence-electron chi connectivity index (χ2n) is 6.70. The number of hydrogen-bond acceptors (Lipinski definition) is 3. The Kier molecular flexibility index (Phi) is 9.48. The van der Waals surface area contributed by atoms with E-state index >= 15 is 0 Å². The van der Waals surface area contributed by atoms with E-state index in [0.29, 0.717) is 22.9 Å². The lowest BCUT2D eigenvalue weighted by atomic mass is 10.1. The average molecular weight is 437 g/mol. The van der Waals surface area contributed by atoms with Gasteiger partial charge in [0.1, 0.15) is 11.9 Å². The highest BCUT2D eigenvalue weighted by atomic mass is 35.5. The number of carbonyl (C=O) groups excluding carboxylic acids is 2. The molecule has 2 rings (SSSR count). The van der Waals surface area contributed by atoms with Crippen LogP contribution in [0.1, 0.15) is 31.4 Å². The van der Waals surface area contributed by atoms with E-state index in [1.807, 2.05) is 31.2 Å². The van der Waals surface area contributed by atoms with Crippen LogP contribution in [0.4, 0.5) is 4.39 Å². The van der Waals surface area contributed by atoms with Gasteiger partial charge in [-0.3, -0.25) is 9.59 Å². The van der Waals surface area contributed by atoms with Gasteiger partial charge in [-0.2, -0.15) is 0 Å². The van der Waals surface area contributed by atoms with Crippen molar-refractivity contribution in [3.05, 3.63) is 70.5 Å². The van der Waals surface area contributed by atoms with Gasteiger partial charge in [-0.15, -0.1) is 11.8 Å². The number of benzene rings is 2. The first-order valence-electron chi connectivity index (χ1n) is 9.55. The minimum Gasteiger partial charge on any atom is -0.354 e. The Balaban J connectivity index is 2.05. The largest absolute Gasteiger partial charge is 0.354 e. The second kappa shape index (κ2) is 11.8. The number of thioether (sulfide) groups is 1. The van der Waals surface area contributed by atoms with Gasteiger partial charge in [0.25, 0.3) is 0 Å². The highest BCUT2D eigenvalue weighted by Crippen LogP contribution is 2.18. The van der Waals surface area contributed by atoms with Gasteiger partial charge < -0.3 is 10.2 Å². The van der Waals surface area contributed by atoms with Crippen molar-refractivity contribution in [2.24, 2.45) is 0 Å².